The van der Waals surface area contributed by atoms with Gasteiger partial charge in [-0.25, -0.2) is 23.3 Å². The standard InChI is InChI=1S/C19H14FN5O3/c20-13-5-4-8-15(11-13)28-18-17-23-25(19(27)24(17)10-9-21-18)12-16(26)22-14-6-2-1-3-7-14/h1-11H,12H2,(H,22,26). The average molecular weight is 379 g/mol. The number of halogens is 1. The number of anilines is 1. The van der Waals surface area contributed by atoms with Crippen LogP contribution in [0.4, 0.5) is 10.1 Å². The van der Waals surface area contributed by atoms with Crippen LogP contribution in [-0.4, -0.2) is 25.1 Å². The summed E-state index contributed by atoms with van der Waals surface area (Å²) in [4.78, 5) is 28.8. The molecule has 0 aliphatic rings. The summed E-state index contributed by atoms with van der Waals surface area (Å²) in [7, 11) is 0. The van der Waals surface area contributed by atoms with Crippen LogP contribution in [0.5, 0.6) is 11.6 Å². The highest BCUT2D eigenvalue weighted by Crippen LogP contribution is 2.22. The Morgan fingerprint density at radius 2 is 1.96 bits per heavy atom. The number of carbonyl (C=O) groups excluding carboxylic acids is 1. The van der Waals surface area contributed by atoms with Crippen molar-refractivity contribution in [2.45, 2.75) is 6.54 Å². The van der Waals surface area contributed by atoms with Gasteiger partial charge >= 0.3 is 5.69 Å². The monoisotopic (exact) mass is 379 g/mol. The van der Waals surface area contributed by atoms with Crippen molar-refractivity contribution in [1.29, 1.82) is 0 Å². The topological polar surface area (TPSA) is 90.5 Å². The molecule has 0 aliphatic heterocycles. The minimum absolute atomic E-state index is 0.0208. The van der Waals surface area contributed by atoms with Crippen LogP contribution < -0.4 is 15.7 Å². The zero-order valence-corrected chi connectivity index (χ0v) is 14.4. The smallest absolute Gasteiger partial charge is 0.351 e. The van der Waals surface area contributed by atoms with Gasteiger partial charge in [0.15, 0.2) is 0 Å². The molecule has 9 heteroatoms. The summed E-state index contributed by atoms with van der Waals surface area (Å²) in [6, 6.07) is 14.4. The van der Waals surface area contributed by atoms with Crippen molar-refractivity contribution in [1.82, 2.24) is 19.2 Å². The number of aromatic nitrogens is 4. The number of benzene rings is 2. The highest BCUT2D eigenvalue weighted by atomic mass is 19.1. The van der Waals surface area contributed by atoms with E-state index in [4.69, 9.17) is 4.74 Å². The Labute approximate surface area is 157 Å². The van der Waals surface area contributed by atoms with Gasteiger partial charge in [-0.2, -0.15) is 0 Å². The fraction of sp³-hybridized carbons (Fsp3) is 0.0526. The maximum atomic E-state index is 13.4. The summed E-state index contributed by atoms with van der Waals surface area (Å²) in [5, 5.41) is 6.82. The molecule has 0 spiro atoms. The first-order valence-corrected chi connectivity index (χ1v) is 8.33. The molecule has 4 aromatic rings. The number of fused-ring (bicyclic) bond motifs is 1. The van der Waals surface area contributed by atoms with E-state index in [-0.39, 0.29) is 23.8 Å². The van der Waals surface area contributed by atoms with Gasteiger partial charge in [-0.05, 0) is 24.3 Å². The Hall–Kier alpha value is -4.01. The Kier molecular flexibility index (Phi) is 4.55. The summed E-state index contributed by atoms with van der Waals surface area (Å²) in [5.41, 5.74) is 0.204. The average Bonchev–Trinajstić information content (AvgIpc) is 2.99. The van der Waals surface area contributed by atoms with Crippen LogP contribution in [0.25, 0.3) is 5.65 Å². The van der Waals surface area contributed by atoms with Gasteiger partial charge < -0.3 is 10.1 Å². The number of nitrogens with zero attached hydrogens (tertiary/aromatic N) is 4. The number of nitrogens with one attached hydrogen (secondary N) is 1. The first-order chi connectivity index (χ1) is 13.6. The number of ether oxygens (including phenoxy) is 1. The summed E-state index contributed by atoms with van der Waals surface area (Å²) >= 11 is 0. The van der Waals surface area contributed by atoms with E-state index in [2.05, 4.69) is 15.4 Å². The number of carbonyl (C=O) groups is 1. The zero-order chi connectivity index (χ0) is 19.5. The molecule has 0 bridgehead atoms. The predicted octanol–water partition coefficient (Wildman–Crippen LogP) is 2.46. The molecule has 28 heavy (non-hydrogen) atoms. The summed E-state index contributed by atoms with van der Waals surface area (Å²) in [6.45, 7) is -0.283. The Morgan fingerprint density at radius 3 is 2.75 bits per heavy atom. The van der Waals surface area contributed by atoms with E-state index in [0.717, 1.165) is 4.68 Å². The molecule has 0 aliphatic carbocycles. The Morgan fingerprint density at radius 1 is 1.14 bits per heavy atom. The third-order valence-corrected chi connectivity index (χ3v) is 3.83. The second kappa shape index (κ2) is 7.31. The van der Waals surface area contributed by atoms with Gasteiger partial charge in [0, 0.05) is 24.1 Å². The van der Waals surface area contributed by atoms with Crippen LogP contribution >= 0.6 is 0 Å². The van der Waals surface area contributed by atoms with Crippen molar-refractivity contribution in [3.8, 4) is 11.6 Å². The van der Waals surface area contributed by atoms with E-state index in [9.17, 15) is 14.0 Å². The second-order valence-corrected chi connectivity index (χ2v) is 5.84. The van der Waals surface area contributed by atoms with Crippen LogP contribution in [0, 0.1) is 5.82 Å². The molecule has 0 atom stereocenters. The van der Waals surface area contributed by atoms with Gasteiger partial charge in [-0.15, -0.1) is 5.10 Å². The fourth-order valence-corrected chi connectivity index (χ4v) is 2.60. The Bertz CT molecular complexity index is 1200. The SMILES string of the molecule is O=C(Cn1nc2c(Oc3cccc(F)c3)nccn2c1=O)Nc1ccccc1. The maximum absolute atomic E-state index is 13.4. The molecule has 1 amide bonds. The number of amides is 1. The molecule has 0 unspecified atom stereocenters. The molecular weight excluding hydrogens is 365 g/mol. The molecule has 2 heterocycles. The predicted molar refractivity (Wildman–Crippen MR) is 98.8 cm³/mol. The first-order valence-electron chi connectivity index (χ1n) is 8.33. The van der Waals surface area contributed by atoms with Crippen LogP contribution in [-0.2, 0) is 11.3 Å². The van der Waals surface area contributed by atoms with Crippen LogP contribution in [0.15, 0.2) is 71.8 Å². The lowest BCUT2D eigenvalue weighted by Crippen LogP contribution is -2.28. The van der Waals surface area contributed by atoms with Crippen molar-refractivity contribution in [2.24, 2.45) is 0 Å². The van der Waals surface area contributed by atoms with Crippen molar-refractivity contribution in [2.75, 3.05) is 5.32 Å². The van der Waals surface area contributed by atoms with E-state index in [1.165, 1.54) is 35.0 Å². The lowest BCUT2D eigenvalue weighted by molar-refractivity contribution is -0.117. The number of hydrogen-bond acceptors (Lipinski definition) is 5. The first kappa shape index (κ1) is 17.4. The molecule has 0 saturated heterocycles. The van der Waals surface area contributed by atoms with Crippen molar-refractivity contribution in [3.63, 3.8) is 0 Å². The van der Waals surface area contributed by atoms with Crippen LogP contribution in [0.2, 0.25) is 0 Å². The van der Waals surface area contributed by atoms with E-state index in [0.29, 0.717) is 5.69 Å². The molecule has 0 radical (unpaired) electrons. The normalized spacial score (nSPS) is 10.8. The van der Waals surface area contributed by atoms with Gasteiger partial charge in [0.25, 0.3) is 5.88 Å². The molecule has 0 saturated carbocycles. The number of hydrogen-bond donors (Lipinski definition) is 1. The van der Waals surface area contributed by atoms with Gasteiger partial charge in [0.05, 0.1) is 0 Å². The molecule has 140 valence electrons. The van der Waals surface area contributed by atoms with Crippen molar-refractivity contribution in [3.05, 3.63) is 83.3 Å². The molecule has 2 aromatic carbocycles. The van der Waals surface area contributed by atoms with E-state index in [1.807, 2.05) is 6.07 Å². The summed E-state index contributed by atoms with van der Waals surface area (Å²) in [5.74, 6) is -0.640. The van der Waals surface area contributed by atoms with Crippen molar-refractivity contribution < 1.29 is 13.9 Å². The fourth-order valence-electron chi connectivity index (χ4n) is 2.60. The third kappa shape index (κ3) is 3.58. The van der Waals surface area contributed by atoms with Crippen molar-refractivity contribution >= 4 is 17.2 Å². The van der Waals surface area contributed by atoms with E-state index >= 15 is 0 Å². The van der Waals surface area contributed by atoms with E-state index < -0.39 is 17.4 Å². The van der Waals surface area contributed by atoms with Gasteiger partial charge in [0.2, 0.25) is 11.6 Å². The lowest BCUT2D eigenvalue weighted by atomic mass is 10.3. The third-order valence-electron chi connectivity index (χ3n) is 3.83. The van der Waals surface area contributed by atoms with E-state index in [1.54, 1.807) is 30.3 Å². The minimum atomic E-state index is -0.523. The lowest BCUT2D eigenvalue weighted by Gasteiger charge is -2.04. The number of para-hydroxylation sites is 1. The highest BCUT2D eigenvalue weighted by molar-refractivity contribution is 5.90. The quantitative estimate of drug-likeness (QED) is 0.575. The zero-order valence-electron chi connectivity index (χ0n) is 14.4. The Balaban J connectivity index is 1.61. The molecule has 0 fully saturated rings. The summed E-state index contributed by atoms with van der Waals surface area (Å²) < 4.78 is 21.1. The molecule has 4 rings (SSSR count). The summed E-state index contributed by atoms with van der Waals surface area (Å²) in [6.07, 6.45) is 2.77. The largest absolute Gasteiger partial charge is 0.436 e. The molecule has 8 nitrogen and oxygen atoms in total. The van der Waals surface area contributed by atoms with Gasteiger partial charge in [-0.1, -0.05) is 24.3 Å². The molecular formula is C19H14FN5O3. The van der Waals surface area contributed by atoms with Crippen LogP contribution in [0.3, 0.4) is 0 Å². The molecule has 1 N–H and O–H groups in total. The second-order valence-electron chi connectivity index (χ2n) is 5.84. The minimum Gasteiger partial charge on any atom is -0.436 e. The molecule has 2 aromatic heterocycles. The highest BCUT2D eigenvalue weighted by Gasteiger charge is 2.16. The van der Waals surface area contributed by atoms with Crippen LogP contribution in [0.1, 0.15) is 0 Å². The van der Waals surface area contributed by atoms with Gasteiger partial charge in [-0.3, -0.25) is 4.79 Å². The number of rotatable bonds is 5. The van der Waals surface area contributed by atoms with Gasteiger partial charge in [0.1, 0.15) is 18.1 Å². The maximum Gasteiger partial charge on any atom is 0.351 e.